The van der Waals surface area contributed by atoms with Crippen LogP contribution in [0, 0.1) is 0 Å². The second-order valence-electron chi connectivity index (χ2n) is 10.5. The van der Waals surface area contributed by atoms with Crippen molar-refractivity contribution in [2.45, 2.75) is 38.1 Å². The number of anilines is 1. The number of carbonyl (C=O) groups excluding carboxylic acids is 2. The standard InChI is InChI=1S/C33H37N5O4/c1-34-32(39)26-8-6-7-25(19-26)31(37(2)21-23-10-16-29(41-3)17-11-23)33(40)36-28-14-12-24(13-15-28)27-20-35-38(22-27)30-9-4-5-18-42-30/h6-8,10-17,19-20,22,30-31H,4-5,9,18,21H2,1-3H3,(H,34,39)(H,36,40). The Kier molecular flexibility index (Phi) is 9.31. The molecule has 5 rings (SSSR count). The number of aromatic nitrogens is 2. The number of amides is 2. The third-order valence-corrected chi connectivity index (χ3v) is 7.51. The molecule has 2 heterocycles. The first-order valence-electron chi connectivity index (χ1n) is 14.2. The Morgan fingerprint density at radius 1 is 1.07 bits per heavy atom. The SMILES string of the molecule is CNC(=O)c1cccc(C(C(=O)Nc2ccc(-c3cnn(C4CCCCO4)c3)cc2)N(C)Cc2ccc(OC)cc2)c1. The number of carbonyl (C=O) groups is 2. The van der Waals surface area contributed by atoms with E-state index in [-0.39, 0.29) is 18.0 Å². The molecule has 4 aromatic rings. The molecular formula is C33H37N5O4. The van der Waals surface area contributed by atoms with Crippen molar-refractivity contribution < 1.29 is 19.1 Å². The minimum absolute atomic E-state index is 0.0141. The molecule has 3 aromatic carbocycles. The molecule has 1 saturated heterocycles. The largest absolute Gasteiger partial charge is 0.497 e. The number of methoxy groups -OCH3 is 1. The maximum Gasteiger partial charge on any atom is 0.251 e. The van der Waals surface area contributed by atoms with Gasteiger partial charge < -0.3 is 20.1 Å². The van der Waals surface area contributed by atoms with E-state index >= 15 is 0 Å². The van der Waals surface area contributed by atoms with Gasteiger partial charge in [-0.25, -0.2) is 4.68 Å². The maximum atomic E-state index is 13.8. The van der Waals surface area contributed by atoms with E-state index in [1.54, 1.807) is 32.4 Å². The normalized spacial score (nSPS) is 15.7. The van der Waals surface area contributed by atoms with Crippen LogP contribution < -0.4 is 15.4 Å². The van der Waals surface area contributed by atoms with Crippen molar-refractivity contribution in [1.29, 1.82) is 0 Å². The van der Waals surface area contributed by atoms with Gasteiger partial charge in [-0.1, -0.05) is 36.4 Å². The molecule has 1 aromatic heterocycles. The topological polar surface area (TPSA) is 97.7 Å². The zero-order valence-corrected chi connectivity index (χ0v) is 24.2. The summed E-state index contributed by atoms with van der Waals surface area (Å²) in [5.74, 6) is 0.366. The molecule has 2 unspecified atom stereocenters. The molecule has 0 spiro atoms. The average Bonchev–Trinajstić information content (AvgIpc) is 3.53. The van der Waals surface area contributed by atoms with Crippen LogP contribution in [0.5, 0.6) is 5.75 Å². The van der Waals surface area contributed by atoms with Crippen LogP contribution in [0.2, 0.25) is 0 Å². The lowest BCUT2D eigenvalue weighted by Crippen LogP contribution is -2.34. The molecule has 42 heavy (non-hydrogen) atoms. The van der Waals surface area contributed by atoms with E-state index < -0.39 is 6.04 Å². The minimum Gasteiger partial charge on any atom is -0.497 e. The van der Waals surface area contributed by atoms with Gasteiger partial charge in [0.2, 0.25) is 5.91 Å². The summed E-state index contributed by atoms with van der Waals surface area (Å²) in [6, 6.07) is 22.0. The fourth-order valence-corrected chi connectivity index (χ4v) is 5.24. The van der Waals surface area contributed by atoms with Gasteiger partial charge in [0.15, 0.2) is 0 Å². The summed E-state index contributed by atoms with van der Waals surface area (Å²) in [7, 11) is 5.12. The molecule has 1 aliphatic heterocycles. The number of ether oxygens (including phenoxy) is 2. The predicted molar refractivity (Wildman–Crippen MR) is 162 cm³/mol. The van der Waals surface area contributed by atoms with Crippen molar-refractivity contribution in [3.63, 3.8) is 0 Å². The number of hydrogen-bond donors (Lipinski definition) is 2. The van der Waals surface area contributed by atoms with E-state index in [1.807, 2.05) is 83.6 Å². The molecule has 2 atom stereocenters. The minimum atomic E-state index is -0.648. The van der Waals surface area contributed by atoms with E-state index in [0.717, 1.165) is 53.9 Å². The summed E-state index contributed by atoms with van der Waals surface area (Å²) >= 11 is 0. The van der Waals surface area contributed by atoms with Gasteiger partial charge in [-0.2, -0.15) is 5.10 Å². The Morgan fingerprint density at radius 3 is 2.55 bits per heavy atom. The fourth-order valence-electron chi connectivity index (χ4n) is 5.24. The highest BCUT2D eigenvalue weighted by molar-refractivity contribution is 5.97. The van der Waals surface area contributed by atoms with Crippen LogP contribution in [0.4, 0.5) is 5.69 Å². The number of nitrogens with zero attached hydrogens (tertiary/aromatic N) is 3. The van der Waals surface area contributed by atoms with Crippen molar-refractivity contribution >= 4 is 17.5 Å². The Bertz CT molecular complexity index is 1490. The van der Waals surface area contributed by atoms with E-state index in [0.29, 0.717) is 17.8 Å². The van der Waals surface area contributed by atoms with Gasteiger partial charge in [-0.3, -0.25) is 14.5 Å². The van der Waals surface area contributed by atoms with Crippen LogP contribution in [0.15, 0.2) is 85.2 Å². The van der Waals surface area contributed by atoms with Crippen LogP contribution in [0.25, 0.3) is 11.1 Å². The average molecular weight is 568 g/mol. The summed E-state index contributed by atoms with van der Waals surface area (Å²) < 4.78 is 13.0. The molecule has 1 aliphatic rings. The van der Waals surface area contributed by atoms with Crippen molar-refractivity contribution in [2.24, 2.45) is 0 Å². The van der Waals surface area contributed by atoms with Gasteiger partial charge in [-0.05, 0) is 79.4 Å². The first kappa shape index (κ1) is 29.0. The zero-order chi connectivity index (χ0) is 29.5. The quantitative estimate of drug-likeness (QED) is 0.265. The molecule has 9 heteroatoms. The highest BCUT2D eigenvalue weighted by atomic mass is 16.5. The molecule has 0 radical (unpaired) electrons. The van der Waals surface area contributed by atoms with Crippen molar-refractivity contribution in [3.8, 4) is 16.9 Å². The molecule has 1 fully saturated rings. The first-order valence-corrected chi connectivity index (χ1v) is 14.2. The maximum absolute atomic E-state index is 13.8. The van der Waals surface area contributed by atoms with Gasteiger partial charge in [0, 0.05) is 43.2 Å². The lowest BCUT2D eigenvalue weighted by molar-refractivity contribution is -0.121. The molecule has 2 N–H and O–H groups in total. The summed E-state index contributed by atoms with van der Waals surface area (Å²) in [6.45, 7) is 1.28. The van der Waals surface area contributed by atoms with E-state index in [4.69, 9.17) is 9.47 Å². The lowest BCUT2D eigenvalue weighted by Gasteiger charge is -2.28. The highest BCUT2D eigenvalue weighted by Gasteiger charge is 2.26. The number of rotatable bonds is 10. The Balaban J connectivity index is 1.34. The lowest BCUT2D eigenvalue weighted by atomic mass is 10.0. The zero-order valence-electron chi connectivity index (χ0n) is 24.2. The van der Waals surface area contributed by atoms with E-state index in [1.165, 1.54) is 0 Å². The van der Waals surface area contributed by atoms with Crippen LogP contribution in [0.1, 0.15) is 53.0 Å². The van der Waals surface area contributed by atoms with Gasteiger partial charge in [-0.15, -0.1) is 0 Å². The van der Waals surface area contributed by atoms with Crippen molar-refractivity contribution in [2.75, 3.05) is 33.1 Å². The molecule has 0 saturated carbocycles. The molecule has 9 nitrogen and oxygen atoms in total. The van der Waals surface area contributed by atoms with Crippen LogP contribution in [-0.4, -0.2) is 54.3 Å². The first-order chi connectivity index (χ1) is 20.4. The molecular weight excluding hydrogens is 530 g/mol. The van der Waals surface area contributed by atoms with Gasteiger partial charge in [0.25, 0.3) is 5.91 Å². The van der Waals surface area contributed by atoms with Crippen LogP contribution in [-0.2, 0) is 16.1 Å². The van der Waals surface area contributed by atoms with Crippen molar-refractivity contribution in [1.82, 2.24) is 20.0 Å². The van der Waals surface area contributed by atoms with E-state index in [9.17, 15) is 9.59 Å². The van der Waals surface area contributed by atoms with Crippen molar-refractivity contribution in [3.05, 3.63) is 102 Å². The summed E-state index contributed by atoms with van der Waals surface area (Å²) in [6.07, 6.45) is 7.03. The Hall–Kier alpha value is -4.47. The monoisotopic (exact) mass is 567 g/mol. The number of nitrogens with one attached hydrogen (secondary N) is 2. The highest BCUT2D eigenvalue weighted by Crippen LogP contribution is 2.28. The Labute approximate surface area is 246 Å². The summed E-state index contributed by atoms with van der Waals surface area (Å²) in [4.78, 5) is 28.2. The smallest absolute Gasteiger partial charge is 0.251 e. The molecule has 0 bridgehead atoms. The second-order valence-corrected chi connectivity index (χ2v) is 10.5. The summed E-state index contributed by atoms with van der Waals surface area (Å²) in [5.41, 5.74) is 4.92. The van der Waals surface area contributed by atoms with Crippen LogP contribution >= 0.6 is 0 Å². The number of hydrogen-bond acceptors (Lipinski definition) is 6. The third-order valence-electron chi connectivity index (χ3n) is 7.51. The summed E-state index contributed by atoms with van der Waals surface area (Å²) in [5, 5.41) is 10.3. The number of likely N-dealkylation sites (N-methyl/N-ethyl adjacent to an activating group) is 1. The second kappa shape index (κ2) is 13.5. The van der Waals surface area contributed by atoms with Gasteiger partial charge in [0.1, 0.15) is 18.0 Å². The van der Waals surface area contributed by atoms with E-state index in [2.05, 4.69) is 15.7 Å². The third kappa shape index (κ3) is 6.87. The molecule has 218 valence electrons. The fraction of sp³-hybridized carbons (Fsp3) is 0.303. The molecule has 0 aliphatic carbocycles. The Morgan fingerprint density at radius 2 is 1.86 bits per heavy atom. The van der Waals surface area contributed by atoms with Gasteiger partial charge >= 0.3 is 0 Å². The van der Waals surface area contributed by atoms with Gasteiger partial charge in [0.05, 0.1) is 13.3 Å². The number of benzene rings is 3. The molecule has 2 amide bonds. The predicted octanol–water partition coefficient (Wildman–Crippen LogP) is 5.43. The van der Waals surface area contributed by atoms with Crippen LogP contribution in [0.3, 0.4) is 0 Å².